The highest BCUT2D eigenvalue weighted by molar-refractivity contribution is 5.51. The predicted octanol–water partition coefficient (Wildman–Crippen LogP) is 4.44. The third kappa shape index (κ3) is 4.14. The van der Waals surface area contributed by atoms with E-state index in [1.54, 1.807) is 0 Å². The normalized spacial score (nSPS) is 10.4. The minimum Gasteiger partial charge on any atom is -0.489 e. The molecule has 0 aliphatic carbocycles. The Morgan fingerprint density at radius 3 is 2.05 bits per heavy atom. The minimum atomic E-state index is -1.67. The van der Waals surface area contributed by atoms with Gasteiger partial charge in [0.25, 0.3) is 0 Å². The molecule has 0 N–H and O–H groups in total. The number of benzene rings is 1. The lowest BCUT2D eigenvalue weighted by atomic mass is 10.1. The largest absolute Gasteiger partial charge is 0.489 e. The zero-order valence-electron chi connectivity index (χ0n) is 12.5. The summed E-state index contributed by atoms with van der Waals surface area (Å²) in [6.45, 7) is 4.28. The molecule has 0 heterocycles. The van der Waals surface area contributed by atoms with Crippen molar-refractivity contribution < 1.29 is 17.9 Å². The van der Waals surface area contributed by atoms with E-state index in [0.717, 1.165) is 19.3 Å². The topological polar surface area (TPSA) is 56.8 Å². The molecule has 1 aromatic carbocycles. The lowest BCUT2D eigenvalue weighted by molar-refractivity contribution is 0.284. The Morgan fingerprint density at radius 2 is 1.50 bits per heavy atom. The average molecular weight is 310 g/mol. The van der Waals surface area contributed by atoms with Crippen LogP contribution >= 0.6 is 0 Å². The lowest BCUT2D eigenvalue weighted by Crippen LogP contribution is -2.07. The fourth-order valence-corrected chi connectivity index (χ4v) is 1.98. The van der Waals surface area contributed by atoms with E-state index < -0.39 is 34.3 Å². The Balaban J connectivity index is 2.81. The Labute approximate surface area is 127 Å². The van der Waals surface area contributed by atoms with Gasteiger partial charge < -0.3 is 4.74 Å². The van der Waals surface area contributed by atoms with Crippen LogP contribution in [0.3, 0.4) is 0 Å². The molecule has 0 bridgehead atoms. The van der Waals surface area contributed by atoms with Crippen molar-refractivity contribution in [2.75, 3.05) is 6.61 Å². The van der Waals surface area contributed by atoms with Crippen LogP contribution in [0.5, 0.6) is 5.75 Å². The van der Waals surface area contributed by atoms with Crippen LogP contribution in [0.4, 0.5) is 13.2 Å². The van der Waals surface area contributed by atoms with E-state index in [1.165, 1.54) is 12.1 Å². The Hall–Kier alpha value is -2.21. The van der Waals surface area contributed by atoms with Gasteiger partial charge in [-0.2, -0.15) is 10.5 Å². The first-order chi connectivity index (χ1) is 10.4. The number of rotatable bonds is 7. The maximum Gasteiger partial charge on any atom is 0.187 e. The molecule has 118 valence electrons. The van der Waals surface area contributed by atoms with Gasteiger partial charge in [0.15, 0.2) is 23.2 Å². The Bertz CT molecular complexity index is 616. The standard InChI is InChI=1S/C16H17F3N2O/c1-10(2)6-4-3-5-7-22-16-12(9-21)14(18)13(17)11(8-20)15(16)19/h10H,3-7H2,1-2H3. The van der Waals surface area contributed by atoms with Crippen LogP contribution < -0.4 is 4.74 Å². The molecule has 0 atom stereocenters. The molecule has 1 rings (SSSR count). The van der Waals surface area contributed by atoms with E-state index >= 15 is 0 Å². The summed E-state index contributed by atoms with van der Waals surface area (Å²) in [6.07, 6.45) is 3.48. The highest BCUT2D eigenvalue weighted by Gasteiger charge is 2.26. The van der Waals surface area contributed by atoms with Gasteiger partial charge in [0, 0.05) is 0 Å². The monoisotopic (exact) mass is 310 g/mol. The molecule has 3 nitrogen and oxygen atoms in total. The third-order valence-electron chi connectivity index (χ3n) is 3.17. The third-order valence-corrected chi connectivity index (χ3v) is 3.17. The molecule has 0 spiro atoms. The SMILES string of the molecule is CC(C)CCCCCOc1c(F)c(C#N)c(F)c(F)c1C#N. The maximum atomic E-state index is 13.9. The van der Waals surface area contributed by atoms with Gasteiger partial charge in [-0.3, -0.25) is 0 Å². The first kappa shape index (κ1) is 17.8. The summed E-state index contributed by atoms with van der Waals surface area (Å²) in [7, 11) is 0. The van der Waals surface area contributed by atoms with Gasteiger partial charge in [0.1, 0.15) is 23.3 Å². The van der Waals surface area contributed by atoms with Gasteiger partial charge in [-0.05, 0) is 12.3 Å². The number of hydrogen-bond acceptors (Lipinski definition) is 3. The van der Waals surface area contributed by atoms with Crippen LogP contribution in [-0.2, 0) is 0 Å². The van der Waals surface area contributed by atoms with Crippen molar-refractivity contribution in [1.29, 1.82) is 10.5 Å². The summed E-state index contributed by atoms with van der Waals surface area (Å²) >= 11 is 0. The first-order valence-electron chi connectivity index (χ1n) is 7.07. The van der Waals surface area contributed by atoms with Gasteiger partial charge in [-0.25, -0.2) is 13.2 Å². The summed E-state index contributed by atoms with van der Waals surface area (Å²) in [4.78, 5) is 0. The summed E-state index contributed by atoms with van der Waals surface area (Å²) in [6, 6.07) is 2.61. The second kappa shape index (κ2) is 8.29. The minimum absolute atomic E-state index is 0.0691. The molecular weight excluding hydrogens is 293 g/mol. The summed E-state index contributed by atoms with van der Waals surface area (Å²) in [5, 5.41) is 17.5. The first-order valence-corrected chi connectivity index (χ1v) is 7.07. The smallest absolute Gasteiger partial charge is 0.187 e. The van der Waals surface area contributed by atoms with Crippen molar-refractivity contribution >= 4 is 0 Å². The molecule has 0 radical (unpaired) electrons. The summed E-state index contributed by atoms with van der Waals surface area (Å²) in [5.41, 5.74) is -1.93. The highest BCUT2D eigenvalue weighted by atomic mass is 19.2. The van der Waals surface area contributed by atoms with Crippen LogP contribution in [0, 0.1) is 46.0 Å². The lowest BCUT2D eigenvalue weighted by Gasteiger charge is -2.11. The summed E-state index contributed by atoms with van der Waals surface area (Å²) < 4.78 is 46.1. The zero-order valence-corrected chi connectivity index (χ0v) is 12.5. The second-order valence-corrected chi connectivity index (χ2v) is 5.34. The number of nitriles is 2. The number of hydrogen-bond donors (Lipinski definition) is 0. The second-order valence-electron chi connectivity index (χ2n) is 5.34. The van der Waals surface area contributed by atoms with Crippen LogP contribution in [0.1, 0.15) is 50.7 Å². The Morgan fingerprint density at radius 1 is 0.909 bits per heavy atom. The number of unbranched alkanes of at least 4 members (excludes halogenated alkanes) is 2. The average Bonchev–Trinajstić information content (AvgIpc) is 2.48. The maximum absolute atomic E-state index is 13.9. The van der Waals surface area contributed by atoms with Crippen LogP contribution in [0.15, 0.2) is 0 Å². The van der Waals surface area contributed by atoms with E-state index in [0.29, 0.717) is 12.3 Å². The molecule has 0 amide bonds. The van der Waals surface area contributed by atoms with Crippen molar-refractivity contribution in [1.82, 2.24) is 0 Å². The quantitative estimate of drug-likeness (QED) is 0.552. The molecular formula is C16H17F3N2O. The van der Waals surface area contributed by atoms with Gasteiger partial charge >= 0.3 is 0 Å². The molecule has 6 heteroatoms. The van der Waals surface area contributed by atoms with Crippen LogP contribution in [0.25, 0.3) is 0 Å². The van der Waals surface area contributed by atoms with Crippen LogP contribution in [-0.4, -0.2) is 6.61 Å². The predicted molar refractivity (Wildman–Crippen MR) is 74.5 cm³/mol. The molecule has 22 heavy (non-hydrogen) atoms. The van der Waals surface area contributed by atoms with Crippen molar-refractivity contribution in [2.24, 2.45) is 5.92 Å². The zero-order chi connectivity index (χ0) is 16.7. The number of nitrogens with zero attached hydrogens (tertiary/aromatic N) is 2. The van der Waals surface area contributed by atoms with Crippen molar-refractivity contribution in [3.05, 3.63) is 28.6 Å². The highest BCUT2D eigenvalue weighted by Crippen LogP contribution is 2.30. The van der Waals surface area contributed by atoms with Crippen LogP contribution in [0.2, 0.25) is 0 Å². The molecule has 0 aliphatic rings. The van der Waals surface area contributed by atoms with Gasteiger partial charge in [0.05, 0.1) is 6.61 Å². The molecule has 0 saturated carbocycles. The fraction of sp³-hybridized carbons (Fsp3) is 0.500. The molecule has 1 aromatic rings. The molecule has 0 aromatic heterocycles. The Kier molecular flexibility index (Phi) is 6.72. The molecule has 0 saturated heterocycles. The van der Waals surface area contributed by atoms with E-state index in [4.69, 9.17) is 15.3 Å². The number of ether oxygens (including phenoxy) is 1. The van der Waals surface area contributed by atoms with E-state index in [2.05, 4.69) is 13.8 Å². The van der Waals surface area contributed by atoms with Crippen molar-refractivity contribution in [2.45, 2.75) is 39.5 Å². The van der Waals surface area contributed by atoms with Gasteiger partial charge in [-0.1, -0.05) is 33.1 Å². The fourth-order valence-electron chi connectivity index (χ4n) is 1.98. The van der Waals surface area contributed by atoms with E-state index in [1.807, 2.05) is 0 Å². The van der Waals surface area contributed by atoms with E-state index in [-0.39, 0.29) is 6.61 Å². The summed E-state index contributed by atoms with van der Waals surface area (Å²) in [5.74, 6) is -4.66. The molecule has 0 fully saturated rings. The molecule has 0 aliphatic heterocycles. The van der Waals surface area contributed by atoms with Crippen molar-refractivity contribution in [3.63, 3.8) is 0 Å². The van der Waals surface area contributed by atoms with Gasteiger partial charge in [0.2, 0.25) is 0 Å². The number of halogens is 3. The van der Waals surface area contributed by atoms with Gasteiger partial charge in [-0.15, -0.1) is 0 Å². The van der Waals surface area contributed by atoms with E-state index in [9.17, 15) is 13.2 Å². The van der Waals surface area contributed by atoms with Crippen molar-refractivity contribution in [3.8, 4) is 17.9 Å². The molecule has 0 unspecified atom stereocenters.